The largest absolute Gasteiger partial charge is 0.369 e. The number of aliphatic imine (C=N–C) groups is 1. The zero-order chi connectivity index (χ0) is 11.5. The van der Waals surface area contributed by atoms with Crippen molar-refractivity contribution < 1.29 is 4.39 Å². The fourth-order valence-corrected chi connectivity index (χ4v) is 1.88. The summed E-state index contributed by atoms with van der Waals surface area (Å²) in [5.74, 6) is 0.0283. The molecule has 1 aliphatic heterocycles. The van der Waals surface area contributed by atoms with E-state index in [1.165, 1.54) is 12.1 Å². The molecule has 16 heavy (non-hydrogen) atoms. The van der Waals surface area contributed by atoms with Gasteiger partial charge in [-0.15, -0.1) is 0 Å². The Morgan fingerprint density at radius 1 is 1.38 bits per heavy atom. The van der Waals surface area contributed by atoms with Crippen molar-refractivity contribution >= 4 is 23.2 Å². The second kappa shape index (κ2) is 4.70. The number of rotatable bonds is 1. The first kappa shape index (κ1) is 11.2. The molecule has 3 nitrogen and oxygen atoms in total. The van der Waals surface area contributed by atoms with Crippen LogP contribution in [0.3, 0.4) is 0 Å². The molecule has 0 atom stereocenters. The number of benzene rings is 1. The van der Waals surface area contributed by atoms with Crippen molar-refractivity contribution in [2.45, 2.75) is 12.8 Å². The van der Waals surface area contributed by atoms with E-state index in [-0.39, 0.29) is 5.02 Å². The maximum Gasteiger partial charge on any atom is 0.196 e. The van der Waals surface area contributed by atoms with Gasteiger partial charge < -0.3 is 10.6 Å². The molecule has 1 fully saturated rings. The van der Waals surface area contributed by atoms with Crippen LogP contribution in [-0.2, 0) is 0 Å². The van der Waals surface area contributed by atoms with Crippen LogP contribution in [0.15, 0.2) is 23.2 Å². The van der Waals surface area contributed by atoms with Crippen molar-refractivity contribution in [2.24, 2.45) is 10.7 Å². The van der Waals surface area contributed by atoms with Crippen LogP contribution in [0.5, 0.6) is 0 Å². The van der Waals surface area contributed by atoms with Gasteiger partial charge >= 0.3 is 0 Å². The molecule has 0 saturated carbocycles. The Morgan fingerprint density at radius 2 is 2.06 bits per heavy atom. The van der Waals surface area contributed by atoms with E-state index in [1.54, 1.807) is 6.07 Å². The molecule has 5 heteroatoms. The molecule has 1 aliphatic rings. The van der Waals surface area contributed by atoms with E-state index in [9.17, 15) is 4.39 Å². The number of likely N-dealkylation sites (tertiary alicyclic amines) is 1. The molecule has 0 spiro atoms. The standard InChI is InChI=1S/C11H13ClFN3/c12-9-7-8(3-4-10(9)13)15-11(14)16-5-1-2-6-16/h3-4,7H,1-2,5-6H2,(H2,14,15). The van der Waals surface area contributed by atoms with Gasteiger partial charge in [0, 0.05) is 13.1 Å². The minimum absolute atomic E-state index is 0.0653. The zero-order valence-corrected chi connectivity index (χ0v) is 9.54. The number of halogens is 2. The Bertz CT molecular complexity index is 414. The van der Waals surface area contributed by atoms with Crippen LogP contribution in [0.1, 0.15) is 12.8 Å². The van der Waals surface area contributed by atoms with Gasteiger partial charge in [-0.05, 0) is 31.0 Å². The van der Waals surface area contributed by atoms with Gasteiger partial charge in [-0.25, -0.2) is 9.38 Å². The quantitative estimate of drug-likeness (QED) is 0.606. The van der Waals surface area contributed by atoms with Crippen LogP contribution in [0, 0.1) is 5.82 Å². The topological polar surface area (TPSA) is 41.6 Å². The molecule has 1 aromatic rings. The van der Waals surface area contributed by atoms with Crippen LogP contribution in [-0.4, -0.2) is 23.9 Å². The first-order chi connectivity index (χ1) is 7.66. The summed E-state index contributed by atoms with van der Waals surface area (Å²) < 4.78 is 12.9. The van der Waals surface area contributed by atoms with Crippen LogP contribution in [0.25, 0.3) is 0 Å². The number of nitrogens with two attached hydrogens (primary N) is 1. The molecule has 2 N–H and O–H groups in total. The first-order valence-corrected chi connectivity index (χ1v) is 5.59. The predicted molar refractivity (Wildman–Crippen MR) is 63.5 cm³/mol. The number of hydrogen-bond acceptors (Lipinski definition) is 1. The SMILES string of the molecule is NC(=Nc1ccc(F)c(Cl)c1)N1CCCC1. The molecule has 0 aromatic heterocycles. The van der Waals surface area contributed by atoms with E-state index in [0.29, 0.717) is 11.6 Å². The van der Waals surface area contributed by atoms with E-state index < -0.39 is 5.82 Å². The molecular formula is C11H13ClFN3. The number of hydrogen-bond donors (Lipinski definition) is 1. The van der Waals surface area contributed by atoms with E-state index in [2.05, 4.69) is 4.99 Å². The van der Waals surface area contributed by atoms with Gasteiger partial charge in [0.2, 0.25) is 0 Å². The van der Waals surface area contributed by atoms with Gasteiger partial charge in [-0.2, -0.15) is 0 Å². The van der Waals surface area contributed by atoms with Gasteiger partial charge in [0.05, 0.1) is 10.7 Å². The second-order valence-electron chi connectivity index (χ2n) is 3.76. The van der Waals surface area contributed by atoms with Crippen molar-refractivity contribution in [2.75, 3.05) is 13.1 Å². The van der Waals surface area contributed by atoms with Crippen molar-refractivity contribution in [3.8, 4) is 0 Å². The van der Waals surface area contributed by atoms with E-state index in [4.69, 9.17) is 17.3 Å². The monoisotopic (exact) mass is 241 g/mol. The summed E-state index contributed by atoms with van der Waals surface area (Å²) in [6.45, 7) is 1.87. The minimum atomic E-state index is -0.444. The molecule has 0 bridgehead atoms. The molecule has 0 aliphatic carbocycles. The Kier molecular flexibility index (Phi) is 3.29. The third kappa shape index (κ3) is 2.44. The highest BCUT2D eigenvalue weighted by Crippen LogP contribution is 2.22. The summed E-state index contributed by atoms with van der Waals surface area (Å²) in [5.41, 5.74) is 6.42. The summed E-state index contributed by atoms with van der Waals surface area (Å²) >= 11 is 5.66. The Labute approximate surface area is 98.7 Å². The van der Waals surface area contributed by atoms with Crippen molar-refractivity contribution in [3.63, 3.8) is 0 Å². The summed E-state index contributed by atoms with van der Waals surface area (Å²) in [5, 5.41) is 0.0653. The highest BCUT2D eigenvalue weighted by atomic mass is 35.5. The zero-order valence-electron chi connectivity index (χ0n) is 8.79. The normalized spacial score (nSPS) is 16.9. The lowest BCUT2D eigenvalue weighted by Crippen LogP contribution is -2.34. The predicted octanol–water partition coefficient (Wildman–Crippen LogP) is 2.52. The fraction of sp³-hybridized carbons (Fsp3) is 0.364. The van der Waals surface area contributed by atoms with Gasteiger partial charge in [0.25, 0.3) is 0 Å². The molecule has 0 unspecified atom stereocenters. The van der Waals surface area contributed by atoms with Crippen LogP contribution < -0.4 is 5.73 Å². The molecule has 86 valence electrons. The van der Waals surface area contributed by atoms with Crippen LogP contribution in [0.2, 0.25) is 5.02 Å². The number of guanidine groups is 1. The molecule has 1 saturated heterocycles. The maximum absolute atomic E-state index is 12.9. The van der Waals surface area contributed by atoms with Gasteiger partial charge in [0.1, 0.15) is 5.82 Å². The van der Waals surface area contributed by atoms with Crippen LogP contribution in [0.4, 0.5) is 10.1 Å². The third-order valence-corrected chi connectivity index (χ3v) is 2.87. The summed E-state index contributed by atoms with van der Waals surface area (Å²) in [7, 11) is 0. The lowest BCUT2D eigenvalue weighted by molar-refractivity contribution is 0.513. The molecule has 1 aromatic carbocycles. The van der Waals surface area contributed by atoms with E-state index in [0.717, 1.165) is 25.9 Å². The highest BCUT2D eigenvalue weighted by molar-refractivity contribution is 6.31. The summed E-state index contributed by atoms with van der Waals surface area (Å²) in [6, 6.07) is 4.32. The molecular weight excluding hydrogens is 229 g/mol. The molecule has 0 radical (unpaired) electrons. The van der Waals surface area contributed by atoms with Gasteiger partial charge in [0.15, 0.2) is 5.96 Å². The Morgan fingerprint density at radius 3 is 2.69 bits per heavy atom. The lowest BCUT2D eigenvalue weighted by Gasteiger charge is -2.15. The lowest BCUT2D eigenvalue weighted by atomic mass is 10.3. The average molecular weight is 242 g/mol. The average Bonchev–Trinajstić information content (AvgIpc) is 2.77. The minimum Gasteiger partial charge on any atom is -0.369 e. The maximum atomic E-state index is 12.9. The smallest absolute Gasteiger partial charge is 0.196 e. The van der Waals surface area contributed by atoms with Crippen molar-refractivity contribution in [1.82, 2.24) is 4.90 Å². The van der Waals surface area contributed by atoms with Crippen molar-refractivity contribution in [3.05, 3.63) is 29.0 Å². The molecule has 1 heterocycles. The van der Waals surface area contributed by atoms with Crippen LogP contribution >= 0.6 is 11.6 Å². The third-order valence-electron chi connectivity index (χ3n) is 2.58. The molecule has 0 amide bonds. The number of nitrogens with zero attached hydrogens (tertiary/aromatic N) is 2. The van der Waals surface area contributed by atoms with Crippen molar-refractivity contribution in [1.29, 1.82) is 0 Å². The summed E-state index contributed by atoms with van der Waals surface area (Å²) in [6.07, 6.45) is 2.28. The summed E-state index contributed by atoms with van der Waals surface area (Å²) in [4.78, 5) is 6.22. The fourth-order valence-electron chi connectivity index (χ4n) is 1.70. The highest BCUT2D eigenvalue weighted by Gasteiger charge is 2.13. The van der Waals surface area contributed by atoms with E-state index >= 15 is 0 Å². The molecule has 2 rings (SSSR count). The van der Waals surface area contributed by atoms with Gasteiger partial charge in [-0.3, -0.25) is 0 Å². The Balaban J connectivity index is 2.17. The van der Waals surface area contributed by atoms with Gasteiger partial charge in [-0.1, -0.05) is 11.6 Å². The van der Waals surface area contributed by atoms with E-state index in [1.807, 2.05) is 4.90 Å². The first-order valence-electron chi connectivity index (χ1n) is 5.21. The Hall–Kier alpha value is -1.29. The second-order valence-corrected chi connectivity index (χ2v) is 4.17.